The van der Waals surface area contributed by atoms with Gasteiger partial charge in [0.1, 0.15) is 11.5 Å². The molecule has 31 heavy (non-hydrogen) atoms. The minimum absolute atomic E-state index is 0.0517. The summed E-state index contributed by atoms with van der Waals surface area (Å²) in [7, 11) is 1.40. The second-order valence-electron chi connectivity index (χ2n) is 6.19. The Hall–Kier alpha value is -2.50. The second-order valence-corrected chi connectivity index (χ2v) is 7.58. The number of rotatable bonds is 9. The van der Waals surface area contributed by atoms with Crippen molar-refractivity contribution in [1.82, 2.24) is 5.06 Å². The van der Waals surface area contributed by atoms with E-state index in [1.54, 1.807) is 0 Å². The predicted molar refractivity (Wildman–Crippen MR) is 110 cm³/mol. The highest BCUT2D eigenvalue weighted by Crippen LogP contribution is 2.37. The molecular formula is C19H18ClF3N2O5S. The summed E-state index contributed by atoms with van der Waals surface area (Å²) in [4.78, 5) is 28.3. The maximum atomic E-state index is 12.8. The van der Waals surface area contributed by atoms with E-state index in [9.17, 15) is 28.1 Å². The number of benzene rings is 2. The minimum Gasteiger partial charge on any atom is -0.456 e. The second kappa shape index (κ2) is 10.7. The first-order valence-corrected chi connectivity index (χ1v) is 10.5. The normalized spacial score (nSPS) is 11.3. The lowest BCUT2D eigenvalue weighted by Gasteiger charge is -2.17. The maximum absolute atomic E-state index is 12.8. The zero-order valence-corrected chi connectivity index (χ0v) is 18.0. The van der Waals surface area contributed by atoms with Crippen LogP contribution in [-0.2, 0) is 22.2 Å². The van der Waals surface area contributed by atoms with Crippen molar-refractivity contribution >= 4 is 35.0 Å². The SMILES string of the molecule is CSCCON(C)C(=O)Cc1cc(Oc2ccc(C(F)(F)F)cc2Cl)ccc1[N+](=O)[O-]. The van der Waals surface area contributed by atoms with Crippen LogP contribution in [0.2, 0.25) is 5.02 Å². The van der Waals surface area contributed by atoms with Crippen LogP contribution in [0.25, 0.3) is 0 Å². The number of carbonyl (C=O) groups excluding carboxylic acids is 1. The molecule has 0 atom stereocenters. The standard InChI is InChI=1S/C19H18ClF3N2O5S/c1-24(29-7-8-31-2)18(26)10-12-9-14(4-5-16(12)25(27)28)30-17-6-3-13(11-15(17)20)19(21,22)23/h3-6,9,11H,7-8,10H2,1-2H3. The molecule has 2 aromatic rings. The number of halogens is 4. The third-order valence-electron chi connectivity index (χ3n) is 4.00. The molecule has 7 nitrogen and oxygen atoms in total. The number of alkyl halides is 3. The van der Waals surface area contributed by atoms with Gasteiger partial charge in [-0.2, -0.15) is 24.9 Å². The zero-order valence-electron chi connectivity index (χ0n) is 16.4. The number of hydroxylamine groups is 2. The quantitative estimate of drug-likeness (QED) is 0.274. The van der Waals surface area contributed by atoms with E-state index < -0.39 is 22.6 Å². The molecule has 0 aliphatic rings. The highest BCUT2D eigenvalue weighted by Gasteiger charge is 2.31. The van der Waals surface area contributed by atoms with Gasteiger partial charge in [-0.25, -0.2) is 5.06 Å². The van der Waals surface area contributed by atoms with Gasteiger partial charge in [-0.3, -0.25) is 19.7 Å². The summed E-state index contributed by atoms with van der Waals surface area (Å²) in [6.07, 6.45) is -3.03. The van der Waals surface area contributed by atoms with Gasteiger partial charge in [0.2, 0.25) is 0 Å². The largest absolute Gasteiger partial charge is 0.456 e. The molecule has 2 rings (SSSR count). The van der Waals surface area contributed by atoms with Gasteiger partial charge in [0.15, 0.2) is 0 Å². The lowest BCUT2D eigenvalue weighted by molar-refractivity contribution is -0.385. The Morgan fingerprint density at radius 3 is 2.55 bits per heavy atom. The molecule has 0 radical (unpaired) electrons. The van der Waals surface area contributed by atoms with Crippen molar-refractivity contribution < 1.29 is 32.5 Å². The number of nitro groups is 1. The van der Waals surface area contributed by atoms with E-state index in [0.29, 0.717) is 18.4 Å². The van der Waals surface area contributed by atoms with Crippen LogP contribution >= 0.6 is 23.4 Å². The van der Waals surface area contributed by atoms with Gasteiger partial charge < -0.3 is 4.74 Å². The maximum Gasteiger partial charge on any atom is 0.416 e. The molecule has 0 N–H and O–H groups in total. The third-order valence-corrected chi connectivity index (χ3v) is 4.87. The van der Waals surface area contributed by atoms with Crippen LogP contribution in [0.3, 0.4) is 0 Å². The summed E-state index contributed by atoms with van der Waals surface area (Å²) >= 11 is 7.41. The number of nitro benzene ring substituents is 1. The van der Waals surface area contributed by atoms with E-state index in [0.717, 1.165) is 23.3 Å². The van der Waals surface area contributed by atoms with Crippen molar-refractivity contribution in [2.75, 3.05) is 25.7 Å². The van der Waals surface area contributed by atoms with Crippen LogP contribution in [0.15, 0.2) is 36.4 Å². The molecule has 0 heterocycles. The van der Waals surface area contributed by atoms with Crippen LogP contribution in [0, 0.1) is 10.1 Å². The highest BCUT2D eigenvalue weighted by atomic mass is 35.5. The molecule has 0 saturated heterocycles. The number of ether oxygens (including phenoxy) is 1. The first kappa shape index (κ1) is 24.8. The summed E-state index contributed by atoms with van der Waals surface area (Å²) in [5, 5.41) is 12.0. The Labute approximate surface area is 185 Å². The van der Waals surface area contributed by atoms with Gasteiger partial charge in [0.25, 0.3) is 11.6 Å². The zero-order chi connectivity index (χ0) is 23.2. The monoisotopic (exact) mass is 478 g/mol. The molecule has 0 bridgehead atoms. The molecule has 0 fully saturated rings. The average Bonchev–Trinajstić information content (AvgIpc) is 2.68. The Bertz CT molecular complexity index is 959. The number of thioether (sulfide) groups is 1. The lowest BCUT2D eigenvalue weighted by atomic mass is 10.1. The van der Waals surface area contributed by atoms with Crippen LogP contribution in [0.1, 0.15) is 11.1 Å². The molecule has 0 aromatic heterocycles. The molecule has 0 unspecified atom stereocenters. The van der Waals surface area contributed by atoms with Gasteiger partial charge in [-0.05, 0) is 36.6 Å². The van der Waals surface area contributed by atoms with Crippen molar-refractivity contribution in [2.24, 2.45) is 0 Å². The molecule has 0 spiro atoms. The van der Waals surface area contributed by atoms with Crippen LogP contribution in [0.5, 0.6) is 11.5 Å². The Morgan fingerprint density at radius 2 is 1.97 bits per heavy atom. The van der Waals surface area contributed by atoms with E-state index in [2.05, 4.69) is 0 Å². The van der Waals surface area contributed by atoms with E-state index >= 15 is 0 Å². The number of amides is 1. The Balaban J connectivity index is 2.23. The molecular weight excluding hydrogens is 461 g/mol. The van der Waals surface area contributed by atoms with Gasteiger partial charge in [-0.1, -0.05) is 11.6 Å². The van der Waals surface area contributed by atoms with Crippen molar-refractivity contribution in [1.29, 1.82) is 0 Å². The fourth-order valence-electron chi connectivity index (χ4n) is 2.44. The van der Waals surface area contributed by atoms with Gasteiger partial charge in [-0.15, -0.1) is 0 Å². The Morgan fingerprint density at radius 1 is 1.26 bits per heavy atom. The topological polar surface area (TPSA) is 81.9 Å². The van der Waals surface area contributed by atoms with E-state index in [1.165, 1.54) is 30.9 Å². The minimum atomic E-state index is -4.56. The van der Waals surface area contributed by atoms with Gasteiger partial charge in [0, 0.05) is 24.4 Å². The van der Waals surface area contributed by atoms with Crippen molar-refractivity contribution in [3.8, 4) is 11.5 Å². The molecule has 0 saturated carbocycles. The summed E-state index contributed by atoms with van der Waals surface area (Å²) in [6.45, 7) is 0.293. The molecule has 12 heteroatoms. The lowest BCUT2D eigenvalue weighted by Crippen LogP contribution is -2.29. The summed E-state index contributed by atoms with van der Waals surface area (Å²) in [5.41, 5.74) is -1.20. The van der Waals surface area contributed by atoms with Crippen LogP contribution < -0.4 is 4.74 Å². The third kappa shape index (κ3) is 7.01. The van der Waals surface area contributed by atoms with Crippen LogP contribution in [-0.4, -0.2) is 41.6 Å². The first-order valence-electron chi connectivity index (χ1n) is 8.73. The number of carbonyl (C=O) groups is 1. The smallest absolute Gasteiger partial charge is 0.416 e. The van der Waals surface area contributed by atoms with Gasteiger partial charge in [0.05, 0.1) is 28.5 Å². The van der Waals surface area contributed by atoms with Crippen LogP contribution in [0.4, 0.5) is 18.9 Å². The number of likely N-dealkylation sites (N-methyl/N-ethyl adjacent to an activating group) is 1. The summed E-state index contributed by atoms with van der Waals surface area (Å²) in [6, 6.07) is 6.24. The fraction of sp³-hybridized carbons (Fsp3) is 0.316. The molecule has 2 aromatic carbocycles. The fourth-order valence-corrected chi connectivity index (χ4v) is 2.90. The molecule has 0 aliphatic heterocycles. The number of nitrogens with zero attached hydrogens (tertiary/aromatic N) is 2. The highest BCUT2D eigenvalue weighted by molar-refractivity contribution is 7.98. The van der Waals surface area contributed by atoms with E-state index in [-0.39, 0.29) is 34.2 Å². The summed E-state index contributed by atoms with van der Waals surface area (Å²) < 4.78 is 43.8. The Kier molecular flexibility index (Phi) is 8.54. The van der Waals surface area contributed by atoms with E-state index in [4.69, 9.17) is 21.2 Å². The van der Waals surface area contributed by atoms with Crippen molar-refractivity contribution in [3.05, 3.63) is 62.7 Å². The molecule has 168 valence electrons. The summed E-state index contributed by atoms with van der Waals surface area (Å²) in [5.74, 6) is 0.142. The van der Waals surface area contributed by atoms with Gasteiger partial charge >= 0.3 is 6.18 Å². The van der Waals surface area contributed by atoms with E-state index in [1.807, 2.05) is 6.26 Å². The predicted octanol–water partition coefficient (Wildman–Crippen LogP) is 5.35. The van der Waals surface area contributed by atoms with Crippen molar-refractivity contribution in [2.45, 2.75) is 12.6 Å². The average molecular weight is 479 g/mol. The number of hydrogen-bond donors (Lipinski definition) is 0. The molecule has 1 amide bonds. The van der Waals surface area contributed by atoms with Crippen molar-refractivity contribution in [3.63, 3.8) is 0 Å². The first-order chi connectivity index (χ1) is 14.5. The number of hydrogen-bond acceptors (Lipinski definition) is 6. The molecule has 0 aliphatic carbocycles.